The van der Waals surface area contributed by atoms with Crippen LogP contribution in [0.15, 0.2) is 36.7 Å². The summed E-state index contributed by atoms with van der Waals surface area (Å²) in [5.41, 5.74) is 1.09. The molecule has 0 bridgehead atoms. The zero-order valence-corrected chi connectivity index (χ0v) is 16.2. The van der Waals surface area contributed by atoms with Crippen molar-refractivity contribution in [3.05, 3.63) is 47.9 Å². The number of rotatable bonds is 7. The molecule has 2 atom stereocenters. The summed E-state index contributed by atoms with van der Waals surface area (Å²) in [6.45, 7) is 4.71. The second-order valence-electron chi connectivity index (χ2n) is 7.09. The van der Waals surface area contributed by atoms with Crippen LogP contribution < -0.4 is 5.32 Å². The Labute approximate surface area is 166 Å². The van der Waals surface area contributed by atoms with Gasteiger partial charge in [0.1, 0.15) is 17.0 Å². The molecule has 0 saturated heterocycles. The number of aromatic nitrogens is 5. The van der Waals surface area contributed by atoms with E-state index in [4.69, 9.17) is 0 Å². The molecule has 154 valence electrons. The molecule has 0 amide bonds. The standard InChI is InChI=1S/C19H22F2N6O2/c1-11-6-13(16-9-27(26-25-16)12(2)19(3,29)10-28)8-14(7-11)23-18-22-5-4-15(24-18)17(20)21/h4-9,12,17,28-29H,10H2,1-3H3,(H,22,23,24). The van der Waals surface area contributed by atoms with Gasteiger partial charge in [0.15, 0.2) is 0 Å². The first-order valence-corrected chi connectivity index (χ1v) is 8.95. The van der Waals surface area contributed by atoms with Crippen LogP contribution in [0.2, 0.25) is 0 Å². The van der Waals surface area contributed by atoms with Crippen molar-refractivity contribution in [2.75, 3.05) is 11.9 Å². The second kappa shape index (κ2) is 8.18. The highest BCUT2D eigenvalue weighted by Gasteiger charge is 2.30. The maximum absolute atomic E-state index is 12.8. The van der Waals surface area contributed by atoms with Crippen LogP contribution in [0.5, 0.6) is 0 Å². The normalized spacial score (nSPS) is 14.6. The van der Waals surface area contributed by atoms with Gasteiger partial charge < -0.3 is 15.5 Å². The summed E-state index contributed by atoms with van der Waals surface area (Å²) in [5.74, 6) is 0.0654. The summed E-state index contributed by atoms with van der Waals surface area (Å²) in [7, 11) is 0. The molecule has 0 saturated carbocycles. The van der Waals surface area contributed by atoms with E-state index in [-0.39, 0.29) is 11.6 Å². The smallest absolute Gasteiger partial charge is 0.280 e. The first kappa shape index (κ1) is 20.7. The molecule has 10 heteroatoms. The third-order valence-electron chi connectivity index (χ3n) is 4.66. The fourth-order valence-electron chi connectivity index (χ4n) is 2.70. The Hall–Kier alpha value is -2.98. The minimum absolute atomic E-state index is 0.0654. The number of nitrogens with one attached hydrogen (secondary N) is 1. The summed E-state index contributed by atoms with van der Waals surface area (Å²) in [5, 5.41) is 30.7. The fourth-order valence-corrected chi connectivity index (χ4v) is 2.70. The van der Waals surface area contributed by atoms with E-state index in [1.165, 1.54) is 17.8 Å². The van der Waals surface area contributed by atoms with E-state index in [1.54, 1.807) is 19.2 Å². The quantitative estimate of drug-likeness (QED) is 0.555. The van der Waals surface area contributed by atoms with E-state index in [9.17, 15) is 19.0 Å². The summed E-state index contributed by atoms with van der Waals surface area (Å²) < 4.78 is 27.2. The molecule has 0 aliphatic heterocycles. The van der Waals surface area contributed by atoms with Crippen LogP contribution in [0.4, 0.5) is 20.4 Å². The highest BCUT2D eigenvalue weighted by atomic mass is 19.3. The molecule has 2 heterocycles. The minimum atomic E-state index is -2.68. The average Bonchev–Trinajstić information content (AvgIpc) is 3.17. The molecular formula is C19H22F2N6O2. The highest BCUT2D eigenvalue weighted by molar-refractivity contribution is 5.68. The molecule has 0 aliphatic carbocycles. The number of aliphatic hydroxyl groups excluding tert-OH is 1. The molecule has 0 radical (unpaired) electrons. The SMILES string of the molecule is Cc1cc(Nc2nccc(C(F)F)n2)cc(-c2cn(C(C)C(C)(O)CO)nn2)c1. The largest absolute Gasteiger partial charge is 0.393 e. The Bertz CT molecular complexity index is 992. The molecule has 3 aromatic rings. The Balaban J connectivity index is 1.87. The molecule has 1 aromatic carbocycles. The van der Waals surface area contributed by atoms with Crippen LogP contribution in [0, 0.1) is 6.92 Å². The molecule has 8 nitrogen and oxygen atoms in total. The van der Waals surface area contributed by atoms with Crippen molar-refractivity contribution in [2.24, 2.45) is 0 Å². The van der Waals surface area contributed by atoms with Gasteiger partial charge in [-0.25, -0.2) is 23.4 Å². The van der Waals surface area contributed by atoms with Crippen LogP contribution in [0.1, 0.15) is 37.6 Å². The number of aliphatic hydroxyl groups is 2. The van der Waals surface area contributed by atoms with Crippen LogP contribution in [0.3, 0.4) is 0 Å². The van der Waals surface area contributed by atoms with Gasteiger partial charge in [-0.15, -0.1) is 5.10 Å². The summed E-state index contributed by atoms with van der Waals surface area (Å²) >= 11 is 0. The van der Waals surface area contributed by atoms with Gasteiger partial charge in [-0.2, -0.15) is 0 Å². The number of alkyl halides is 2. The first-order chi connectivity index (χ1) is 13.7. The zero-order chi connectivity index (χ0) is 21.2. The molecule has 2 aromatic heterocycles. The molecule has 3 rings (SSSR count). The molecule has 0 aliphatic rings. The molecule has 0 fully saturated rings. The van der Waals surface area contributed by atoms with E-state index in [0.717, 1.165) is 17.2 Å². The number of aryl methyl sites for hydroxylation is 1. The Morgan fingerprint density at radius 1 is 1.28 bits per heavy atom. The van der Waals surface area contributed by atoms with Gasteiger partial charge in [-0.3, -0.25) is 0 Å². The van der Waals surface area contributed by atoms with Crippen molar-refractivity contribution < 1.29 is 19.0 Å². The van der Waals surface area contributed by atoms with Crippen LogP contribution in [-0.4, -0.2) is 47.4 Å². The van der Waals surface area contributed by atoms with Crippen molar-refractivity contribution in [1.82, 2.24) is 25.0 Å². The summed E-state index contributed by atoms with van der Waals surface area (Å²) in [6, 6.07) is 6.16. The highest BCUT2D eigenvalue weighted by Crippen LogP contribution is 2.27. The lowest BCUT2D eigenvalue weighted by atomic mass is 9.99. The number of anilines is 2. The number of hydrogen-bond donors (Lipinski definition) is 3. The van der Waals surface area contributed by atoms with E-state index in [0.29, 0.717) is 11.4 Å². The third-order valence-corrected chi connectivity index (χ3v) is 4.66. The predicted molar refractivity (Wildman–Crippen MR) is 103 cm³/mol. The lowest BCUT2D eigenvalue weighted by Crippen LogP contribution is -2.38. The van der Waals surface area contributed by atoms with Crippen molar-refractivity contribution in [2.45, 2.75) is 38.8 Å². The minimum Gasteiger partial charge on any atom is -0.393 e. The molecular weight excluding hydrogens is 382 g/mol. The van der Waals surface area contributed by atoms with Gasteiger partial charge in [0.25, 0.3) is 6.43 Å². The van der Waals surface area contributed by atoms with Gasteiger partial charge in [0, 0.05) is 17.4 Å². The first-order valence-electron chi connectivity index (χ1n) is 8.95. The summed E-state index contributed by atoms with van der Waals surface area (Å²) in [6.07, 6.45) is 0.259. The van der Waals surface area contributed by atoms with E-state index in [1.807, 2.05) is 19.1 Å². The van der Waals surface area contributed by atoms with Gasteiger partial charge in [0.05, 0.1) is 18.8 Å². The van der Waals surface area contributed by atoms with Gasteiger partial charge >= 0.3 is 0 Å². The molecule has 0 spiro atoms. The number of nitrogens with zero attached hydrogens (tertiary/aromatic N) is 5. The van der Waals surface area contributed by atoms with Gasteiger partial charge in [-0.05, 0) is 50.6 Å². The van der Waals surface area contributed by atoms with Crippen molar-refractivity contribution >= 4 is 11.6 Å². The molecule has 29 heavy (non-hydrogen) atoms. The van der Waals surface area contributed by atoms with Gasteiger partial charge in [-0.1, -0.05) is 5.21 Å². The van der Waals surface area contributed by atoms with Crippen molar-refractivity contribution in [3.8, 4) is 11.3 Å². The lowest BCUT2D eigenvalue weighted by Gasteiger charge is -2.27. The topological polar surface area (TPSA) is 109 Å². The lowest BCUT2D eigenvalue weighted by molar-refractivity contribution is -0.0393. The Morgan fingerprint density at radius 3 is 2.72 bits per heavy atom. The van der Waals surface area contributed by atoms with E-state index >= 15 is 0 Å². The number of benzene rings is 1. The van der Waals surface area contributed by atoms with Crippen molar-refractivity contribution in [1.29, 1.82) is 0 Å². The van der Waals surface area contributed by atoms with Gasteiger partial charge in [0.2, 0.25) is 5.95 Å². The maximum Gasteiger partial charge on any atom is 0.280 e. The Morgan fingerprint density at radius 2 is 2.03 bits per heavy atom. The summed E-state index contributed by atoms with van der Waals surface area (Å²) in [4.78, 5) is 7.78. The number of hydrogen-bond acceptors (Lipinski definition) is 7. The average molecular weight is 404 g/mol. The number of halogens is 2. The van der Waals surface area contributed by atoms with Crippen molar-refractivity contribution in [3.63, 3.8) is 0 Å². The zero-order valence-electron chi connectivity index (χ0n) is 16.2. The maximum atomic E-state index is 12.8. The van der Waals surface area contributed by atoms with E-state index < -0.39 is 24.7 Å². The fraction of sp³-hybridized carbons (Fsp3) is 0.368. The van der Waals surface area contributed by atoms with Crippen LogP contribution >= 0.6 is 0 Å². The van der Waals surface area contributed by atoms with Crippen LogP contribution in [0.25, 0.3) is 11.3 Å². The second-order valence-corrected chi connectivity index (χ2v) is 7.09. The van der Waals surface area contributed by atoms with E-state index in [2.05, 4.69) is 25.6 Å². The van der Waals surface area contributed by atoms with Crippen LogP contribution in [-0.2, 0) is 0 Å². The molecule has 2 unspecified atom stereocenters. The molecule has 3 N–H and O–H groups in total. The third kappa shape index (κ3) is 4.72. The predicted octanol–water partition coefficient (Wildman–Crippen LogP) is 3.03. The Kier molecular flexibility index (Phi) is 5.85. The monoisotopic (exact) mass is 404 g/mol.